The van der Waals surface area contributed by atoms with E-state index in [2.05, 4.69) is 22.5 Å². The minimum absolute atomic E-state index is 0.0351. The van der Waals surface area contributed by atoms with Crippen LogP contribution in [0, 0.1) is 17.0 Å². The Labute approximate surface area is 106 Å². The third-order valence-electron chi connectivity index (χ3n) is 3.36. The zero-order chi connectivity index (χ0) is 13.1. The normalized spacial score (nSPS) is 23.7. The molecule has 1 saturated heterocycles. The Morgan fingerprint density at radius 3 is 3.00 bits per heavy atom. The minimum Gasteiger partial charge on any atom is -0.366 e. The molecular formula is C12H18N4O2. The van der Waals surface area contributed by atoms with Crippen LogP contribution in [0.3, 0.4) is 0 Å². The van der Waals surface area contributed by atoms with E-state index < -0.39 is 4.92 Å². The van der Waals surface area contributed by atoms with Gasteiger partial charge in [-0.2, -0.15) is 0 Å². The summed E-state index contributed by atoms with van der Waals surface area (Å²) in [6, 6.07) is 2.26. The standard InChI is InChI=1S/C12H18N4O2/c1-8-6-10(16(17)18)7-14-12(8)15-11-4-3-5-13-9(11)2/h6-7,9,11,13H,3-5H2,1-2H3,(H,14,15). The number of piperidine rings is 1. The topological polar surface area (TPSA) is 80.1 Å². The monoisotopic (exact) mass is 250 g/mol. The van der Waals surface area contributed by atoms with Gasteiger partial charge in [-0.15, -0.1) is 0 Å². The second kappa shape index (κ2) is 5.30. The molecule has 0 bridgehead atoms. The molecule has 1 aromatic rings. The lowest BCUT2D eigenvalue weighted by molar-refractivity contribution is -0.385. The lowest BCUT2D eigenvalue weighted by Crippen LogP contribution is -2.46. The second-order valence-corrected chi connectivity index (χ2v) is 4.75. The van der Waals surface area contributed by atoms with Crippen molar-refractivity contribution in [3.05, 3.63) is 27.9 Å². The Morgan fingerprint density at radius 2 is 2.39 bits per heavy atom. The number of rotatable bonds is 3. The molecule has 18 heavy (non-hydrogen) atoms. The van der Waals surface area contributed by atoms with Gasteiger partial charge in [0.2, 0.25) is 0 Å². The van der Waals surface area contributed by atoms with Crippen LogP contribution in [0.5, 0.6) is 0 Å². The maximum absolute atomic E-state index is 10.6. The smallest absolute Gasteiger partial charge is 0.287 e. The molecule has 98 valence electrons. The average molecular weight is 250 g/mol. The van der Waals surface area contributed by atoms with Crippen LogP contribution in [0.2, 0.25) is 0 Å². The number of aromatic nitrogens is 1. The van der Waals surface area contributed by atoms with Crippen molar-refractivity contribution < 1.29 is 4.92 Å². The molecule has 6 heteroatoms. The molecule has 1 aliphatic heterocycles. The average Bonchev–Trinajstić information content (AvgIpc) is 2.34. The van der Waals surface area contributed by atoms with Crippen molar-refractivity contribution in [1.82, 2.24) is 10.3 Å². The van der Waals surface area contributed by atoms with E-state index in [-0.39, 0.29) is 5.69 Å². The molecule has 1 aliphatic rings. The number of anilines is 1. The maximum atomic E-state index is 10.6. The van der Waals surface area contributed by atoms with E-state index in [1.54, 1.807) is 6.07 Å². The summed E-state index contributed by atoms with van der Waals surface area (Å²) in [5, 5.41) is 17.4. The Kier molecular flexibility index (Phi) is 3.76. The van der Waals surface area contributed by atoms with Crippen molar-refractivity contribution in [2.24, 2.45) is 0 Å². The van der Waals surface area contributed by atoms with Crippen LogP contribution in [-0.4, -0.2) is 28.5 Å². The molecule has 2 atom stereocenters. The fourth-order valence-corrected chi connectivity index (χ4v) is 2.23. The van der Waals surface area contributed by atoms with E-state index in [1.165, 1.54) is 6.20 Å². The molecule has 1 aromatic heterocycles. The van der Waals surface area contributed by atoms with Crippen LogP contribution in [-0.2, 0) is 0 Å². The summed E-state index contributed by atoms with van der Waals surface area (Å²) in [5.41, 5.74) is 0.842. The fraction of sp³-hybridized carbons (Fsp3) is 0.583. The number of nitro groups is 1. The zero-order valence-electron chi connectivity index (χ0n) is 10.6. The second-order valence-electron chi connectivity index (χ2n) is 4.75. The highest BCUT2D eigenvalue weighted by atomic mass is 16.6. The van der Waals surface area contributed by atoms with Crippen LogP contribution in [0.15, 0.2) is 12.3 Å². The van der Waals surface area contributed by atoms with E-state index in [9.17, 15) is 10.1 Å². The van der Waals surface area contributed by atoms with Gasteiger partial charge in [-0.25, -0.2) is 4.98 Å². The van der Waals surface area contributed by atoms with E-state index >= 15 is 0 Å². The molecule has 0 radical (unpaired) electrons. The summed E-state index contributed by atoms with van der Waals surface area (Å²) >= 11 is 0. The van der Waals surface area contributed by atoms with Crippen LogP contribution in [0.4, 0.5) is 11.5 Å². The molecule has 0 saturated carbocycles. The molecule has 2 heterocycles. The molecule has 0 spiro atoms. The number of hydrogen-bond acceptors (Lipinski definition) is 5. The van der Waals surface area contributed by atoms with Crippen LogP contribution in [0.25, 0.3) is 0 Å². The summed E-state index contributed by atoms with van der Waals surface area (Å²) in [4.78, 5) is 14.4. The van der Waals surface area contributed by atoms with Gasteiger partial charge in [0, 0.05) is 18.2 Å². The van der Waals surface area contributed by atoms with Crippen molar-refractivity contribution in [2.45, 2.75) is 38.8 Å². The van der Waals surface area contributed by atoms with Gasteiger partial charge in [0.15, 0.2) is 0 Å². The quantitative estimate of drug-likeness (QED) is 0.632. The van der Waals surface area contributed by atoms with Gasteiger partial charge in [-0.05, 0) is 38.8 Å². The predicted octanol–water partition coefficient (Wildman–Crippen LogP) is 1.85. The summed E-state index contributed by atoms with van der Waals surface area (Å²) in [5.74, 6) is 0.737. The van der Waals surface area contributed by atoms with Crippen molar-refractivity contribution >= 4 is 11.5 Å². The Morgan fingerprint density at radius 1 is 1.61 bits per heavy atom. The number of nitrogens with zero attached hydrogens (tertiary/aromatic N) is 2. The minimum atomic E-state index is -0.422. The van der Waals surface area contributed by atoms with Crippen molar-refractivity contribution in [3.63, 3.8) is 0 Å². The molecular weight excluding hydrogens is 232 g/mol. The maximum Gasteiger partial charge on any atom is 0.287 e. The molecule has 0 amide bonds. The lowest BCUT2D eigenvalue weighted by Gasteiger charge is -2.31. The summed E-state index contributed by atoms with van der Waals surface area (Å²) < 4.78 is 0. The first-order valence-electron chi connectivity index (χ1n) is 6.19. The van der Waals surface area contributed by atoms with Gasteiger partial charge in [0.05, 0.1) is 4.92 Å². The Balaban J connectivity index is 2.11. The zero-order valence-corrected chi connectivity index (χ0v) is 10.6. The van der Waals surface area contributed by atoms with Gasteiger partial charge >= 0.3 is 0 Å². The predicted molar refractivity (Wildman–Crippen MR) is 69.7 cm³/mol. The Bertz CT molecular complexity index is 450. The third-order valence-corrected chi connectivity index (χ3v) is 3.36. The highest BCUT2D eigenvalue weighted by molar-refractivity contribution is 5.49. The van der Waals surface area contributed by atoms with E-state index in [0.717, 1.165) is 30.8 Å². The lowest BCUT2D eigenvalue weighted by atomic mass is 10.00. The van der Waals surface area contributed by atoms with Gasteiger partial charge in [0.25, 0.3) is 5.69 Å². The molecule has 2 rings (SSSR count). The number of hydrogen-bond donors (Lipinski definition) is 2. The fourth-order valence-electron chi connectivity index (χ4n) is 2.23. The van der Waals surface area contributed by atoms with Gasteiger partial charge in [0.1, 0.15) is 12.0 Å². The van der Waals surface area contributed by atoms with E-state index in [4.69, 9.17) is 0 Å². The molecule has 1 fully saturated rings. The first-order valence-corrected chi connectivity index (χ1v) is 6.19. The third kappa shape index (κ3) is 2.76. The molecule has 6 nitrogen and oxygen atoms in total. The first-order chi connectivity index (χ1) is 8.58. The van der Waals surface area contributed by atoms with Gasteiger partial charge < -0.3 is 10.6 Å². The molecule has 2 N–H and O–H groups in total. The van der Waals surface area contributed by atoms with Crippen molar-refractivity contribution in [3.8, 4) is 0 Å². The molecule has 0 aromatic carbocycles. The van der Waals surface area contributed by atoms with E-state index in [0.29, 0.717) is 12.1 Å². The van der Waals surface area contributed by atoms with E-state index in [1.807, 2.05) is 6.92 Å². The van der Waals surface area contributed by atoms with Crippen molar-refractivity contribution in [2.75, 3.05) is 11.9 Å². The highest BCUT2D eigenvalue weighted by Gasteiger charge is 2.21. The largest absolute Gasteiger partial charge is 0.366 e. The van der Waals surface area contributed by atoms with Gasteiger partial charge in [-0.1, -0.05) is 0 Å². The highest BCUT2D eigenvalue weighted by Crippen LogP contribution is 2.21. The number of pyridine rings is 1. The summed E-state index contributed by atoms with van der Waals surface area (Å²) in [6.07, 6.45) is 3.52. The first kappa shape index (κ1) is 12.8. The van der Waals surface area contributed by atoms with Crippen LogP contribution in [0.1, 0.15) is 25.3 Å². The van der Waals surface area contributed by atoms with Crippen LogP contribution < -0.4 is 10.6 Å². The molecule has 2 unspecified atom stereocenters. The van der Waals surface area contributed by atoms with Crippen LogP contribution >= 0.6 is 0 Å². The SMILES string of the molecule is Cc1cc([N+](=O)[O-])cnc1NC1CCCNC1C. The summed E-state index contributed by atoms with van der Waals surface area (Å²) in [6.45, 7) is 5.02. The van der Waals surface area contributed by atoms with Gasteiger partial charge in [-0.3, -0.25) is 10.1 Å². The number of nitrogens with one attached hydrogen (secondary N) is 2. The number of aryl methyl sites for hydroxylation is 1. The van der Waals surface area contributed by atoms with Crippen molar-refractivity contribution in [1.29, 1.82) is 0 Å². The summed E-state index contributed by atoms with van der Waals surface area (Å²) in [7, 11) is 0. The molecule has 0 aliphatic carbocycles. The Hall–Kier alpha value is -1.69.